The number of carbonyl (C=O) groups is 2. The number of likely N-dealkylation sites (tertiary alicyclic amines) is 1. The Labute approximate surface area is 192 Å². The number of piperidine rings is 1. The maximum absolute atomic E-state index is 13.5. The molecular weight excluding hydrogens is 420 g/mol. The van der Waals surface area contributed by atoms with E-state index < -0.39 is 5.54 Å². The molecule has 0 aromatic carbocycles. The molecule has 4 aliphatic rings. The standard InChI is InChI=1S/C24H30N6O3/c31-21(28-24(7-8-24)23-25-9-1-10-26-23)17-14-30(13-15-2-3-15)11-6-18(17)27-22(32)19-12-20(33-29-19)16-4-5-16/h1,9-10,12,15-18H,2-8,11,13-14H2,(H,27,32)(H,28,31)/t17-,18-/m1/s1. The lowest BCUT2D eigenvalue weighted by atomic mass is 9.90. The van der Waals surface area contributed by atoms with Gasteiger partial charge < -0.3 is 20.1 Å². The van der Waals surface area contributed by atoms with Crippen LogP contribution < -0.4 is 10.6 Å². The van der Waals surface area contributed by atoms with Gasteiger partial charge >= 0.3 is 0 Å². The van der Waals surface area contributed by atoms with Crippen LogP contribution in [0.2, 0.25) is 0 Å². The number of hydrogen-bond donors (Lipinski definition) is 2. The zero-order valence-corrected chi connectivity index (χ0v) is 18.7. The quantitative estimate of drug-likeness (QED) is 0.632. The Bertz CT molecular complexity index is 1030. The molecule has 3 heterocycles. The van der Waals surface area contributed by atoms with Crippen LogP contribution in [0.3, 0.4) is 0 Å². The van der Waals surface area contributed by atoms with Crippen molar-refractivity contribution < 1.29 is 14.1 Å². The van der Waals surface area contributed by atoms with E-state index in [-0.39, 0.29) is 23.8 Å². The molecule has 174 valence electrons. The first kappa shape index (κ1) is 20.8. The molecule has 4 fully saturated rings. The summed E-state index contributed by atoms with van der Waals surface area (Å²) >= 11 is 0. The van der Waals surface area contributed by atoms with Crippen molar-refractivity contribution in [3.63, 3.8) is 0 Å². The molecule has 1 saturated heterocycles. The summed E-state index contributed by atoms with van der Waals surface area (Å²) in [5.74, 6) is 1.96. The summed E-state index contributed by atoms with van der Waals surface area (Å²) in [4.78, 5) is 37.6. The van der Waals surface area contributed by atoms with E-state index in [1.165, 1.54) is 12.8 Å². The molecule has 2 aromatic rings. The minimum atomic E-state index is -0.475. The minimum absolute atomic E-state index is 0.0374. The van der Waals surface area contributed by atoms with Gasteiger partial charge in [-0.3, -0.25) is 9.59 Å². The molecule has 0 radical (unpaired) electrons. The number of rotatable bonds is 8. The van der Waals surface area contributed by atoms with Gasteiger partial charge in [0.05, 0.1) is 11.5 Å². The molecule has 33 heavy (non-hydrogen) atoms. The van der Waals surface area contributed by atoms with Crippen molar-refractivity contribution in [2.75, 3.05) is 19.6 Å². The third kappa shape index (κ3) is 4.51. The zero-order valence-electron chi connectivity index (χ0n) is 18.7. The molecule has 3 saturated carbocycles. The lowest BCUT2D eigenvalue weighted by Gasteiger charge is -2.38. The van der Waals surface area contributed by atoms with Crippen molar-refractivity contribution in [1.82, 2.24) is 30.7 Å². The van der Waals surface area contributed by atoms with Gasteiger partial charge in [0.15, 0.2) is 11.5 Å². The lowest BCUT2D eigenvalue weighted by molar-refractivity contribution is -0.128. The van der Waals surface area contributed by atoms with E-state index in [0.717, 1.165) is 56.9 Å². The van der Waals surface area contributed by atoms with E-state index in [1.807, 2.05) is 0 Å². The van der Waals surface area contributed by atoms with Gasteiger partial charge in [0.25, 0.3) is 5.91 Å². The second-order valence-corrected chi connectivity index (χ2v) is 10.2. The summed E-state index contributed by atoms with van der Waals surface area (Å²) in [5.41, 5.74) is -0.176. The van der Waals surface area contributed by atoms with Crippen molar-refractivity contribution in [2.45, 2.75) is 62.4 Å². The zero-order chi connectivity index (χ0) is 22.4. The number of carbonyl (C=O) groups excluding carboxylic acids is 2. The molecule has 9 heteroatoms. The number of nitrogens with zero attached hydrogens (tertiary/aromatic N) is 4. The van der Waals surface area contributed by atoms with Crippen LogP contribution in [0, 0.1) is 11.8 Å². The first-order valence-electron chi connectivity index (χ1n) is 12.2. The number of amides is 2. The fourth-order valence-electron chi connectivity index (χ4n) is 4.89. The fraction of sp³-hybridized carbons (Fsp3) is 0.625. The van der Waals surface area contributed by atoms with E-state index in [2.05, 4.69) is 30.7 Å². The van der Waals surface area contributed by atoms with Crippen LogP contribution in [0.25, 0.3) is 0 Å². The Morgan fingerprint density at radius 2 is 1.91 bits per heavy atom. The molecule has 0 unspecified atom stereocenters. The van der Waals surface area contributed by atoms with E-state index in [1.54, 1.807) is 24.5 Å². The van der Waals surface area contributed by atoms with Gasteiger partial charge in [-0.15, -0.1) is 0 Å². The topological polar surface area (TPSA) is 113 Å². The summed E-state index contributed by atoms with van der Waals surface area (Å²) in [6.07, 6.45) is 10.6. The largest absolute Gasteiger partial charge is 0.360 e. The molecular formula is C24H30N6O3. The molecule has 2 atom stereocenters. The monoisotopic (exact) mass is 450 g/mol. The normalized spacial score (nSPS) is 26.5. The first-order chi connectivity index (χ1) is 16.1. The third-order valence-corrected chi connectivity index (χ3v) is 7.41. The van der Waals surface area contributed by atoms with Crippen molar-refractivity contribution in [3.05, 3.63) is 41.8 Å². The van der Waals surface area contributed by atoms with Crippen molar-refractivity contribution >= 4 is 11.8 Å². The van der Waals surface area contributed by atoms with Gasteiger partial charge in [-0.2, -0.15) is 0 Å². The van der Waals surface area contributed by atoms with Crippen LogP contribution in [0.1, 0.15) is 72.9 Å². The van der Waals surface area contributed by atoms with Gasteiger partial charge in [0.2, 0.25) is 5.91 Å². The van der Waals surface area contributed by atoms with E-state index in [0.29, 0.717) is 24.0 Å². The SMILES string of the molecule is O=C(N[C@@H]1CCN(CC2CC2)C[C@H]1C(=O)NC1(c2ncccn2)CC1)c1cc(C2CC2)on1. The second-order valence-electron chi connectivity index (χ2n) is 10.2. The summed E-state index contributed by atoms with van der Waals surface area (Å²) in [6.45, 7) is 2.56. The molecule has 0 spiro atoms. The maximum atomic E-state index is 13.5. The first-order valence-corrected chi connectivity index (χ1v) is 12.2. The highest BCUT2D eigenvalue weighted by Crippen LogP contribution is 2.44. The smallest absolute Gasteiger partial charge is 0.273 e. The number of hydrogen-bond acceptors (Lipinski definition) is 7. The number of nitrogens with one attached hydrogen (secondary N) is 2. The average molecular weight is 451 g/mol. The summed E-state index contributed by atoms with van der Waals surface area (Å²) in [5, 5.41) is 10.3. The van der Waals surface area contributed by atoms with E-state index in [9.17, 15) is 9.59 Å². The Hall–Kier alpha value is -2.81. The van der Waals surface area contributed by atoms with Crippen LogP contribution in [0.5, 0.6) is 0 Å². The lowest BCUT2D eigenvalue weighted by Crippen LogP contribution is -2.57. The van der Waals surface area contributed by atoms with E-state index in [4.69, 9.17) is 4.52 Å². The van der Waals surface area contributed by atoms with E-state index >= 15 is 0 Å². The highest BCUT2D eigenvalue weighted by atomic mass is 16.5. The highest BCUT2D eigenvalue weighted by Gasteiger charge is 2.50. The molecule has 2 amide bonds. The van der Waals surface area contributed by atoms with Crippen LogP contribution >= 0.6 is 0 Å². The fourth-order valence-corrected chi connectivity index (χ4v) is 4.89. The third-order valence-electron chi connectivity index (χ3n) is 7.41. The Kier molecular flexibility index (Phi) is 5.16. The van der Waals surface area contributed by atoms with Gasteiger partial charge in [0.1, 0.15) is 5.76 Å². The molecule has 2 aromatic heterocycles. The van der Waals surface area contributed by atoms with Crippen molar-refractivity contribution in [1.29, 1.82) is 0 Å². The summed E-state index contributed by atoms with van der Waals surface area (Å²) in [6, 6.07) is 3.28. The van der Waals surface area contributed by atoms with Crippen LogP contribution in [-0.4, -0.2) is 57.5 Å². The minimum Gasteiger partial charge on any atom is -0.360 e. The molecule has 6 rings (SSSR count). The second kappa shape index (κ2) is 8.20. The molecule has 1 aliphatic heterocycles. The van der Waals surface area contributed by atoms with Gasteiger partial charge in [-0.05, 0) is 56.9 Å². The maximum Gasteiger partial charge on any atom is 0.273 e. The Morgan fingerprint density at radius 3 is 2.61 bits per heavy atom. The predicted octanol–water partition coefficient (Wildman–Crippen LogP) is 1.98. The summed E-state index contributed by atoms with van der Waals surface area (Å²) in [7, 11) is 0. The van der Waals surface area contributed by atoms with Crippen molar-refractivity contribution in [2.24, 2.45) is 11.8 Å². The van der Waals surface area contributed by atoms with Gasteiger partial charge in [-0.25, -0.2) is 9.97 Å². The molecule has 2 N–H and O–H groups in total. The Morgan fingerprint density at radius 1 is 1.12 bits per heavy atom. The van der Waals surface area contributed by atoms with Crippen LogP contribution in [-0.2, 0) is 10.3 Å². The van der Waals surface area contributed by atoms with Crippen LogP contribution in [0.15, 0.2) is 29.0 Å². The van der Waals surface area contributed by atoms with Gasteiger partial charge in [-0.1, -0.05) is 5.16 Å². The molecule has 3 aliphatic carbocycles. The van der Waals surface area contributed by atoms with Gasteiger partial charge in [0, 0.05) is 50.1 Å². The number of aromatic nitrogens is 3. The summed E-state index contributed by atoms with van der Waals surface area (Å²) < 4.78 is 5.35. The van der Waals surface area contributed by atoms with Crippen molar-refractivity contribution in [3.8, 4) is 0 Å². The average Bonchev–Trinajstić information content (AvgIpc) is 3.72. The molecule has 9 nitrogen and oxygen atoms in total. The Balaban J connectivity index is 1.16. The predicted molar refractivity (Wildman–Crippen MR) is 118 cm³/mol. The highest BCUT2D eigenvalue weighted by molar-refractivity contribution is 5.93. The van der Waals surface area contributed by atoms with Crippen LogP contribution in [0.4, 0.5) is 0 Å². The molecule has 0 bridgehead atoms.